The lowest BCUT2D eigenvalue weighted by Crippen LogP contribution is -2.32. The summed E-state index contributed by atoms with van der Waals surface area (Å²) in [4.78, 5) is 28.6. The first-order chi connectivity index (χ1) is 18.4. The highest BCUT2D eigenvalue weighted by molar-refractivity contribution is 6.39. The highest BCUT2D eigenvalue weighted by Gasteiger charge is 2.28. The fraction of sp³-hybridized carbons (Fsp3) is 0.310. The summed E-state index contributed by atoms with van der Waals surface area (Å²) in [7, 11) is 2.03. The standard InChI is InChI=1S/C29H30Cl2N6O/c1-19-25(35-18-36(19)2)17-37(26-10-4-8-22-9-5-11-33-28(22)26)16-21-7-3-6-20(12-21)13-34-29(38)27-23(30)14-32-15-24(27)31/h3,5-7,9,11-12,14-15,18,26H,4,8,10,13,16-17H2,1-2H3,(H,34,38). The van der Waals surface area contributed by atoms with E-state index in [1.165, 1.54) is 23.7 Å². The van der Waals surface area contributed by atoms with Crippen molar-refractivity contribution in [1.82, 2.24) is 29.7 Å². The number of nitrogens with zero attached hydrogens (tertiary/aromatic N) is 5. The van der Waals surface area contributed by atoms with Gasteiger partial charge in [-0.15, -0.1) is 0 Å². The van der Waals surface area contributed by atoms with Gasteiger partial charge < -0.3 is 9.88 Å². The number of carbonyl (C=O) groups excluding carboxylic acids is 1. The minimum Gasteiger partial charge on any atom is -0.348 e. The van der Waals surface area contributed by atoms with Crippen LogP contribution in [0.15, 0.2) is 61.3 Å². The molecule has 1 aromatic carbocycles. The fourth-order valence-electron chi connectivity index (χ4n) is 5.08. The Kier molecular flexibility index (Phi) is 8.07. The van der Waals surface area contributed by atoms with Gasteiger partial charge in [0.25, 0.3) is 5.91 Å². The van der Waals surface area contributed by atoms with E-state index in [0.29, 0.717) is 6.54 Å². The third kappa shape index (κ3) is 5.75. The summed E-state index contributed by atoms with van der Waals surface area (Å²) in [6, 6.07) is 12.7. The summed E-state index contributed by atoms with van der Waals surface area (Å²) in [5.41, 5.74) is 7.13. The van der Waals surface area contributed by atoms with Crippen LogP contribution in [-0.4, -0.2) is 30.3 Å². The zero-order valence-electron chi connectivity index (χ0n) is 21.5. The lowest BCUT2D eigenvalue weighted by Gasteiger charge is -2.35. The van der Waals surface area contributed by atoms with Gasteiger partial charge in [-0.1, -0.05) is 53.5 Å². The molecule has 0 saturated carbocycles. The Morgan fingerprint density at radius 1 is 1.11 bits per heavy atom. The van der Waals surface area contributed by atoms with E-state index in [1.807, 2.05) is 37.8 Å². The Labute approximate surface area is 232 Å². The summed E-state index contributed by atoms with van der Waals surface area (Å²) in [6.45, 7) is 3.93. The molecule has 9 heteroatoms. The van der Waals surface area contributed by atoms with Crippen LogP contribution in [-0.2, 0) is 33.1 Å². The Hall–Kier alpha value is -3.26. The van der Waals surface area contributed by atoms with Crippen LogP contribution in [0.25, 0.3) is 0 Å². The summed E-state index contributed by atoms with van der Waals surface area (Å²) in [6.07, 6.45) is 9.86. The first-order valence-corrected chi connectivity index (χ1v) is 13.5. The van der Waals surface area contributed by atoms with Gasteiger partial charge in [0, 0.05) is 51.0 Å². The van der Waals surface area contributed by atoms with E-state index in [9.17, 15) is 4.79 Å². The average molecular weight is 550 g/mol. The molecule has 38 heavy (non-hydrogen) atoms. The molecule has 1 atom stereocenters. The number of aryl methyl sites for hydroxylation is 2. The average Bonchev–Trinajstić information content (AvgIpc) is 3.23. The van der Waals surface area contributed by atoms with Crippen molar-refractivity contribution < 1.29 is 4.79 Å². The van der Waals surface area contributed by atoms with Gasteiger partial charge in [-0.3, -0.25) is 19.7 Å². The molecule has 0 fully saturated rings. The van der Waals surface area contributed by atoms with Crippen molar-refractivity contribution >= 4 is 29.1 Å². The number of hydrogen-bond donors (Lipinski definition) is 1. The van der Waals surface area contributed by atoms with E-state index in [2.05, 4.69) is 49.9 Å². The van der Waals surface area contributed by atoms with Crippen LogP contribution in [0.1, 0.15) is 63.0 Å². The summed E-state index contributed by atoms with van der Waals surface area (Å²) in [5, 5.41) is 3.39. The molecule has 3 aromatic heterocycles. The molecule has 1 aliphatic carbocycles. The number of hydrogen-bond acceptors (Lipinski definition) is 5. The van der Waals surface area contributed by atoms with Gasteiger partial charge in [0.1, 0.15) is 0 Å². The minimum atomic E-state index is -0.329. The van der Waals surface area contributed by atoms with Crippen LogP contribution < -0.4 is 5.32 Å². The predicted octanol–water partition coefficient (Wildman–Crippen LogP) is 5.84. The van der Waals surface area contributed by atoms with E-state index in [0.717, 1.165) is 54.9 Å². The first kappa shape index (κ1) is 26.4. The monoisotopic (exact) mass is 548 g/mol. The van der Waals surface area contributed by atoms with Crippen molar-refractivity contribution in [3.8, 4) is 0 Å². The smallest absolute Gasteiger partial charge is 0.254 e. The molecule has 4 aromatic rings. The number of halogens is 2. The quantitative estimate of drug-likeness (QED) is 0.299. The number of amides is 1. The van der Waals surface area contributed by atoms with Crippen molar-refractivity contribution in [2.24, 2.45) is 7.05 Å². The van der Waals surface area contributed by atoms with Crippen molar-refractivity contribution in [2.45, 2.75) is 51.9 Å². The number of imidazole rings is 1. The van der Waals surface area contributed by atoms with Crippen LogP contribution in [0.2, 0.25) is 10.0 Å². The molecular formula is C29H30Cl2N6O. The number of carbonyl (C=O) groups is 1. The number of rotatable bonds is 8. The molecule has 1 amide bonds. The lowest BCUT2D eigenvalue weighted by atomic mass is 9.90. The number of fused-ring (bicyclic) bond motifs is 1. The maximum Gasteiger partial charge on any atom is 0.254 e. The maximum atomic E-state index is 12.8. The van der Waals surface area contributed by atoms with E-state index in [1.54, 1.807) is 0 Å². The molecule has 0 aliphatic heterocycles. The van der Waals surface area contributed by atoms with Crippen LogP contribution >= 0.6 is 23.2 Å². The minimum absolute atomic E-state index is 0.209. The molecular weight excluding hydrogens is 519 g/mol. The van der Waals surface area contributed by atoms with Crippen LogP contribution in [0, 0.1) is 6.92 Å². The van der Waals surface area contributed by atoms with Gasteiger partial charge in [0.2, 0.25) is 0 Å². The highest BCUT2D eigenvalue weighted by atomic mass is 35.5. The molecule has 196 valence electrons. The SMILES string of the molecule is Cc1c(CN(Cc2cccc(CNC(=O)c3c(Cl)cncc3Cl)c2)C2CCCc3cccnc32)ncn1C. The third-order valence-electron chi connectivity index (χ3n) is 7.20. The van der Waals surface area contributed by atoms with Gasteiger partial charge in [0.05, 0.1) is 39.4 Å². The zero-order valence-corrected chi connectivity index (χ0v) is 23.0. The van der Waals surface area contributed by atoms with Gasteiger partial charge >= 0.3 is 0 Å². The maximum absolute atomic E-state index is 12.8. The number of nitrogens with one attached hydrogen (secondary N) is 1. The number of pyridine rings is 2. The Balaban J connectivity index is 1.36. The number of aromatic nitrogens is 4. The van der Waals surface area contributed by atoms with Crippen molar-refractivity contribution in [3.63, 3.8) is 0 Å². The molecule has 1 unspecified atom stereocenters. The van der Waals surface area contributed by atoms with Crippen molar-refractivity contribution in [1.29, 1.82) is 0 Å². The summed E-state index contributed by atoms with van der Waals surface area (Å²) >= 11 is 12.3. The molecule has 3 heterocycles. The zero-order chi connectivity index (χ0) is 26.6. The molecule has 5 rings (SSSR count). The lowest BCUT2D eigenvalue weighted by molar-refractivity contribution is 0.0951. The Morgan fingerprint density at radius 3 is 2.66 bits per heavy atom. The van der Waals surface area contributed by atoms with E-state index in [4.69, 9.17) is 28.2 Å². The summed E-state index contributed by atoms with van der Waals surface area (Å²) in [5.74, 6) is -0.329. The Morgan fingerprint density at radius 2 is 1.89 bits per heavy atom. The second-order valence-corrected chi connectivity index (χ2v) is 10.5. The van der Waals surface area contributed by atoms with Crippen LogP contribution in [0.3, 0.4) is 0 Å². The van der Waals surface area contributed by atoms with E-state index >= 15 is 0 Å². The molecule has 1 N–H and O–H groups in total. The second-order valence-electron chi connectivity index (χ2n) is 9.73. The topological polar surface area (TPSA) is 75.9 Å². The van der Waals surface area contributed by atoms with Gasteiger partial charge in [0.15, 0.2) is 0 Å². The molecule has 0 saturated heterocycles. The van der Waals surface area contributed by atoms with Gasteiger partial charge in [-0.05, 0) is 48.9 Å². The Bertz CT molecular complexity index is 1430. The van der Waals surface area contributed by atoms with Crippen molar-refractivity contribution in [2.75, 3.05) is 0 Å². The fourth-order valence-corrected chi connectivity index (χ4v) is 5.61. The third-order valence-corrected chi connectivity index (χ3v) is 7.78. The molecule has 0 radical (unpaired) electrons. The first-order valence-electron chi connectivity index (χ1n) is 12.7. The molecule has 7 nitrogen and oxygen atoms in total. The molecule has 1 aliphatic rings. The van der Waals surface area contributed by atoms with Crippen LogP contribution in [0.5, 0.6) is 0 Å². The highest BCUT2D eigenvalue weighted by Crippen LogP contribution is 2.35. The summed E-state index contributed by atoms with van der Waals surface area (Å²) < 4.78 is 2.06. The second kappa shape index (κ2) is 11.6. The van der Waals surface area contributed by atoms with E-state index in [-0.39, 0.29) is 27.6 Å². The molecule has 0 bridgehead atoms. The van der Waals surface area contributed by atoms with E-state index < -0.39 is 0 Å². The van der Waals surface area contributed by atoms with Crippen LogP contribution in [0.4, 0.5) is 0 Å². The normalized spacial score (nSPS) is 14.9. The van der Waals surface area contributed by atoms with Gasteiger partial charge in [-0.2, -0.15) is 0 Å². The largest absolute Gasteiger partial charge is 0.348 e. The predicted molar refractivity (Wildman–Crippen MR) is 149 cm³/mol. The number of benzene rings is 1. The molecule has 0 spiro atoms. The van der Waals surface area contributed by atoms with Gasteiger partial charge in [-0.25, -0.2) is 4.98 Å². The van der Waals surface area contributed by atoms with Crippen molar-refractivity contribution in [3.05, 3.63) is 111 Å².